The summed E-state index contributed by atoms with van der Waals surface area (Å²) >= 11 is 0. The van der Waals surface area contributed by atoms with E-state index in [0.717, 1.165) is 18.4 Å². The number of rotatable bonds is 4. The number of sulfone groups is 1. The summed E-state index contributed by atoms with van der Waals surface area (Å²) in [6.45, 7) is 6.59. The molecular formula is C11H20O3S. The summed E-state index contributed by atoms with van der Waals surface area (Å²) in [4.78, 5) is 0. The van der Waals surface area contributed by atoms with Crippen molar-refractivity contribution in [3.8, 4) is 0 Å². The van der Waals surface area contributed by atoms with E-state index in [-0.39, 0.29) is 5.41 Å². The van der Waals surface area contributed by atoms with Crippen LogP contribution in [0.25, 0.3) is 0 Å². The topological polar surface area (TPSA) is 43.4 Å². The zero-order valence-electron chi connectivity index (χ0n) is 9.75. The Labute approximate surface area is 92.4 Å². The first-order valence-corrected chi connectivity index (χ1v) is 7.11. The van der Waals surface area contributed by atoms with Gasteiger partial charge in [-0.1, -0.05) is 6.92 Å². The molecule has 1 aliphatic rings. The summed E-state index contributed by atoms with van der Waals surface area (Å²) in [6.07, 6.45) is 3.32. The van der Waals surface area contributed by atoms with Crippen LogP contribution in [-0.4, -0.2) is 26.5 Å². The van der Waals surface area contributed by atoms with E-state index >= 15 is 0 Å². The molecule has 0 aromatic rings. The molecule has 1 atom stereocenters. The summed E-state index contributed by atoms with van der Waals surface area (Å²) < 4.78 is 28.0. The lowest BCUT2D eigenvalue weighted by Gasteiger charge is -2.21. The zero-order chi connectivity index (χ0) is 11.5. The van der Waals surface area contributed by atoms with Gasteiger partial charge in [0.1, 0.15) is 0 Å². The molecule has 0 radical (unpaired) electrons. The first kappa shape index (κ1) is 12.6. The second kappa shape index (κ2) is 4.56. The van der Waals surface area contributed by atoms with Gasteiger partial charge in [-0.05, 0) is 37.7 Å². The van der Waals surface area contributed by atoms with Gasteiger partial charge in [0.25, 0.3) is 0 Å². The van der Waals surface area contributed by atoms with Gasteiger partial charge in [-0.3, -0.25) is 0 Å². The fourth-order valence-electron chi connectivity index (χ4n) is 1.81. The Bertz CT molecular complexity index is 339. The van der Waals surface area contributed by atoms with Crippen LogP contribution in [-0.2, 0) is 14.6 Å². The average Bonchev–Trinajstić information content (AvgIpc) is 2.35. The van der Waals surface area contributed by atoms with Crippen molar-refractivity contribution in [1.29, 1.82) is 0 Å². The lowest BCUT2D eigenvalue weighted by Crippen LogP contribution is -2.19. The van der Waals surface area contributed by atoms with Crippen molar-refractivity contribution in [3.63, 3.8) is 0 Å². The summed E-state index contributed by atoms with van der Waals surface area (Å²) in [5, 5.41) is 0. The monoisotopic (exact) mass is 232 g/mol. The zero-order valence-corrected chi connectivity index (χ0v) is 10.6. The van der Waals surface area contributed by atoms with Crippen LogP contribution in [0.4, 0.5) is 0 Å². The van der Waals surface area contributed by atoms with Crippen molar-refractivity contribution in [1.82, 2.24) is 0 Å². The Morgan fingerprint density at radius 3 is 2.60 bits per heavy atom. The fourth-order valence-corrected chi connectivity index (χ4v) is 4.10. The molecule has 0 aliphatic carbocycles. The third-order valence-corrected chi connectivity index (χ3v) is 4.69. The van der Waals surface area contributed by atoms with E-state index < -0.39 is 9.84 Å². The number of allylic oxidation sites excluding steroid dienone is 1. The molecule has 15 heavy (non-hydrogen) atoms. The minimum absolute atomic E-state index is 0.0751. The first-order chi connectivity index (χ1) is 6.83. The highest BCUT2D eigenvalue weighted by atomic mass is 32.2. The van der Waals surface area contributed by atoms with E-state index in [9.17, 15) is 8.42 Å². The highest BCUT2D eigenvalue weighted by Gasteiger charge is 2.37. The molecule has 3 nitrogen and oxygen atoms in total. The lowest BCUT2D eigenvalue weighted by atomic mass is 9.87. The van der Waals surface area contributed by atoms with Gasteiger partial charge in [0.15, 0.2) is 9.84 Å². The molecule has 0 aromatic carbocycles. The van der Waals surface area contributed by atoms with Gasteiger partial charge in [0.05, 0.1) is 24.4 Å². The van der Waals surface area contributed by atoms with Crippen molar-refractivity contribution >= 4 is 9.84 Å². The molecule has 0 amide bonds. The van der Waals surface area contributed by atoms with E-state index in [0.29, 0.717) is 18.1 Å². The molecule has 1 fully saturated rings. The molecule has 4 heteroatoms. The molecule has 0 bridgehead atoms. The highest BCUT2D eigenvalue weighted by Crippen LogP contribution is 2.34. The molecule has 88 valence electrons. The van der Waals surface area contributed by atoms with Gasteiger partial charge in [0, 0.05) is 0 Å². The van der Waals surface area contributed by atoms with Crippen LogP contribution in [0.2, 0.25) is 0 Å². The molecule has 1 aliphatic heterocycles. The Morgan fingerprint density at radius 1 is 1.47 bits per heavy atom. The maximum atomic E-state index is 11.3. The Hall–Kier alpha value is -0.510. The minimum Gasteiger partial charge on any atom is -0.501 e. The summed E-state index contributed by atoms with van der Waals surface area (Å²) in [6, 6.07) is 0. The van der Waals surface area contributed by atoms with Crippen LogP contribution < -0.4 is 0 Å². The van der Waals surface area contributed by atoms with Gasteiger partial charge in [-0.15, -0.1) is 0 Å². The van der Waals surface area contributed by atoms with Gasteiger partial charge in [-0.2, -0.15) is 0 Å². The van der Waals surface area contributed by atoms with E-state index in [1.54, 1.807) is 6.26 Å². The second-order valence-electron chi connectivity index (χ2n) is 4.97. The van der Waals surface area contributed by atoms with E-state index in [2.05, 4.69) is 0 Å². The molecular weight excluding hydrogens is 212 g/mol. The van der Waals surface area contributed by atoms with Gasteiger partial charge < -0.3 is 4.74 Å². The second-order valence-corrected chi connectivity index (χ2v) is 7.15. The lowest BCUT2D eigenvalue weighted by molar-refractivity contribution is 0.189. The van der Waals surface area contributed by atoms with Gasteiger partial charge in [0.2, 0.25) is 0 Å². The van der Waals surface area contributed by atoms with Crippen LogP contribution in [0.3, 0.4) is 0 Å². The Morgan fingerprint density at radius 2 is 2.13 bits per heavy atom. The summed E-state index contributed by atoms with van der Waals surface area (Å²) in [5.74, 6) is 0.657. The predicted octanol–water partition coefficient (Wildman–Crippen LogP) is 2.14. The van der Waals surface area contributed by atoms with Crippen molar-refractivity contribution in [2.45, 2.75) is 33.6 Å². The quantitative estimate of drug-likeness (QED) is 0.551. The largest absolute Gasteiger partial charge is 0.501 e. The molecule has 0 saturated carbocycles. The normalized spacial score (nSPS) is 28.7. The Balaban J connectivity index is 2.36. The van der Waals surface area contributed by atoms with Gasteiger partial charge in [-0.25, -0.2) is 8.42 Å². The van der Waals surface area contributed by atoms with Crippen molar-refractivity contribution < 1.29 is 13.2 Å². The standard InChI is InChI=1S/C11H20O3S/c1-10(2)8-14-6-4-11(3)5-7-15(12,13)9-11/h8H,4-7,9H2,1-3H3. The SMILES string of the molecule is CC(C)=COCCC1(C)CCS(=O)(=O)C1. The average molecular weight is 232 g/mol. The molecule has 1 heterocycles. The molecule has 1 rings (SSSR count). The van der Waals surface area contributed by atoms with Crippen LogP contribution in [0.5, 0.6) is 0 Å². The molecule has 0 spiro atoms. The van der Waals surface area contributed by atoms with Crippen LogP contribution in [0.1, 0.15) is 33.6 Å². The maximum Gasteiger partial charge on any atom is 0.150 e. The number of hydrogen-bond acceptors (Lipinski definition) is 3. The van der Waals surface area contributed by atoms with Crippen LogP contribution in [0.15, 0.2) is 11.8 Å². The Kier molecular flexibility index (Phi) is 3.82. The fraction of sp³-hybridized carbons (Fsp3) is 0.818. The first-order valence-electron chi connectivity index (χ1n) is 5.28. The van der Waals surface area contributed by atoms with Crippen molar-refractivity contribution in [2.75, 3.05) is 18.1 Å². The number of hydrogen-bond donors (Lipinski definition) is 0. The smallest absolute Gasteiger partial charge is 0.150 e. The van der Waals surface area contributed by atoms with Crippen LogP contribution >= 0.6 is 0 Å². The summed E-state index contributed by atoms with van der Waals surface area (Å²) in [5.41, 5.74) is 1.05. The molecule has 1 saturated heterocycles. The van der Waals surface area contributed by atoms with Crippen LogP contribution in [0, 0.1) is 5.41 Å². The van der Waals surface area contributed by atoms with Crippen molar-refractivity contribution in [2.24, 2.45) is 5.41 Å². The van der Waals surface area contributed by atoms with Crippen molar-refractivity contribution in [3.05, 3.63) is 11.8 Å². The molecule has 0 N–H and O–H groups in total. The predicted molar refractivity (Wildman–Crippen MR) is 61.4 cm³/mol. The third kappa shape index (κ3) is 4.24. The maximum absolute atomic E-state index is 11.3. The molecule has 0 aromatic heterocycles. The number of ether oxygens (including phenoxy) is 1. The third-order valence-electron chi connectivity index (χ3n) is 2.73. The van der Waals surface area contributed by atoms with E-state index in [1.807, 2.05) is 20.8 Å². The molecule has 1 unspecified atom stereocenters. The summed E-state index contributed by atoms with van der Waals surface area (Å²) in [7, 11) is -2.78. The van der Waals surface area contributed by atoms with Gasteiger partial charge >= 0.3 is 0 Å². The highest BCUT2D eigenvalue weighted by molar-refractivity contribution is 7.91. The van der Waals surface area contributed by atoms with E-state index in [4.69, 9.17) is 4.74 Å². The van der Waals surface area contributed by atoms with E-state index in [1.165, 1.54) is 0 Å². The minimum atomic E-state index is -2.78.